The Morgan fingerprint density at radius 2 is 1.84 bits per heavy atom. The molecule has 1 aliphatic heterocycles. The SMILES string of the molecule is O=C(O)C1=Cc2cc(Cl)cc(-c3cccc(Cl)c3)c2OC1C(F)(F)F. The molecule has 0 aliphatic carbocycles. The Labute approximate surface area is 150 Å². The van der Waals surface area contributed by atoms with Gasteiger partial charge in [-0.1, -0.05) is 35.3 Å². The number of carbonyl (C=O) groups is 1. The molecule has 0 radical (unpaired) electrons. The van der Waals surface area contributed by atoms with Crippen molar-refractivity contribution in [2.45, 2.75) is 12.3 Å². The van der Waals surface area contributed by atoms with Crippen molar-refractivity contribution in [2.24, 2.45) is 0 Å². The Balaban J connectivity index is 2.24. The molecule has 2 aromatic rings. The highest BCUT2D eigenvalue weighted by atomic mass is 35.5. The average molecular weight is 389 g/mol. The smallest absolute Gasteiger partial charge is 0.430 e. The van der Waals surface area contributed by atoms with Crippen molar-refractivity contribution in [3.8, 4) is 16.9 Å². The van der Waals surface area contributed by atoms with E-state index in [1.165, 1.54) is 12.1 Å². The van der Waals surface area contributed by atoms with Gasteiger partial charge in [0.15, 0.2) is 0 Å². The third-order valence-corrected chi connectivity index (χ3v) is 4.04. The zero-order chi connectivity index (χ0) is 18.4. The summed E-state index contributed by atoms with van der Waals surface area (Å²) in [6.45, 7) is 0. The molecule has 3 rings (SSSR count). The summed E-state index contributed by atoms with van der Waals surface area (Å²) in [5.41, 5.74) is 0.0407. The zero-order valence-electron chi connectivity index (χ0n) is 12.3. The monoisotopic (exact) mass is 388 g/mol. The molecule has 2 aromatic carbocycles. The van der Waals surface area contributed by atoms with Crippen LogP contribution in [0.15, 0.2) is 42.0 Å². The normalized spacial score (nSPS) is 16.7. The van der Waals surface area contributed by atoms with Gasteiger partial charge in [0.2, 0.25) is 6.10 Å². The lowest BCUT2D eigenvalue weighted by Crippen LogP contribution is -2.40. The molecule has 1 unspecified atom stereocenters. The molecule has 1 heterocycles. The van der Waals surface area contributed by atoms with Crippen LogP contribution in [0.5, 0.6) is 5.75 Å². The number of ether oxygens (including phenoxy) is 1. The number of halogens is 5. The van der Waals surface area contributed by atoms with E-state index in [-0.39, 0.29) is 16.3 Å². The molecule has 0 aromatic heterocycles. The van der Waals surface area contributed by atoms with Crippen LogP contribution < -0.4 is 4.74 Å². The molecule has 130 valence electrons. The highest BCUT2D eigenvalue weighted by molar-refractivity contribution is 6.31. The molecule has 1 aliphatic rings. The summed E-state index contributed by atoms with van der Waals surface area (Å²) < 4.78 is 44.8. The first kappa shape index (κ1) is 17.6. The summed E-state index contributed by atoms with van der Waals surface area (Å²) in [4.78, 5) is 11.2. The van der Waals surface area contributed by atoms with Crippen LogP contribution >= 0.6 is 23.2 Å². The van der Waals surface area contributed by atoms with E-state index in [9.17, 15) is 18.0 Å². The Morgan fingerprint density at radius 3 is 2.44 bits per heavy atom. The lowest BCUT2D eigenvalue weighted by Gasteiger charge is -2.28. The molecule has 3 nitrogen and oxygen atoms in total. The standard InChI is InChI=1S/C17H9Cl2F3O3/c18-10-3-1-2-8(4-10)12-7-11(19)5-9-6-13(16(23)24)15(17(20,21)22)25-14(9)12/h1-7,15H,(H,23,24). The number of aliphatic carboxylic acids is 1. The van der Waals surface area contributed by atoms with Crippen molar-refractivity contribution in [3.05, 3.63) is 57.6 Å². The van der Waals surface area contributed by atoms with Crippen LogP contribution in [0, 0.1) is 0 Å². The predicted molar refractivity (Wildman–Crippen MR) is 88.0 cm³/mol. The Hall–Kier alpha value is -2.18. The number of hydrogen-bond acceptors (Lipinski definition) is 2. The van der Waals surface area contributed by atoms with Crippen molar-refractivity contribution in [1.82, 2.24) is 0 Å². The van der Waals surface area contributed by atoms with Crippen molar-refractivity contribution in [1.29, 1.82) is 0 Å². The van der Waals surface area contributed by atoms with Gasteiger partial charge in [-0.05, 0) is 35.9 Å². The van der Waals surface area contributed by atoms with Crippen LogP contribution in [0.4, 0.5) is 13.2 Å². The summed E-state index contributed by atoms with van der Waals surface area (Å²) in [6, 6.07) is 9.23. The van der Waals surface area contributed by atoms with Gasteiger partial charge in [0.25, 0.3) is 0 Å². The average Bonchev–Trinajstić information content (AvgIpc) is 2.51. The van der Waals surface area contributed by atoms with E-state index in [4.69, 9.17) is 33.0 Å². The van der Waals surface area contributed by atoms with E-state index in [0.29, 0.717) is 16.1 Å². The van der Waals surface area contributed by atoms with E-state index in [1.54, 1.807) is 24.3 Å². The number of carboxylic acids is 1. The molecule has 0 fully saturated rings. The van der Waals surface area contributed by atoms with E-state index in [1.807, 2.05) is 0 Å². The fraction of sp³-hybridized carbons (Fsp3) is 0.118. The van der Waals surface area contributed by atoms with Crippen LogP contribution in [0.2, 0.25) is 10.0 Å². The summed E-state index contributed by atoms with van der Waals surface area (Å²) in [5, 5.41) is 9.70. The topological polar surface area (TPSA) is 46.5 Å². The Kier molecular flexibility index (Phi) is 4.43. The van der Waals surface area contributed by atoms with Gasteiger partial charge in [0, 0.05) is 21.2 Å². The minimum Gasteiger partial charge on any atom is -0.478 e. The first-order valence-corrected chi connectivity index (χ1v) is 7.70. The highest BCUT2D eigenvalue weighted by Crippen LogP contribution is 2.44. The quantitative estimate of drug-likeness (QED) is 0.743. The van der Waals surface area contributed by atoms with E-state index in [2.05, 4.69) is 0 Å². The third kappa shape index (κ3) is 3.45. The van der Waals surface area contributed by atoms with Gasteiger partial charge in [-0.2, -0.15) is 13.2 Å². The number of carboxylic acid groups (broad SMARTS) is 1. The predicted octanol–water partition coefficient (Wildman–Crippen LogP) is 5.45. The number of hydrogen-bond donors (Lipinski definition) is 1. The number of benzene rings is 2. The van der Waals surface area contributed by atoms with Crippen molar-refractivity contribution in [3.63, 3.8) is 0 Å². The van der Waals surface area contributed by atoms with Crippen LogP contribution in [0.1, 0.15) is 5.56 Å². The summed E-state index contributed by atoms with van der Waals surface area (Å²) >= 11 is 12.0. The van der Waals surface area contributed by atoms with Gasteiger partial charge in [-0.3, -0.25) is 0 Å². The zero-order valence-corrected chi connectivity index (χ0v) is 13.8. The van der Waals surface area contributed by atoms with Gasteiger partial charge in [-0.15, -0.1) is 0 Å². The highest BCUT2D eigenvalue weighted by Gasteiger charge is 2.48. The minimum absolute atomic E-state index is 0.0982. The van der Waals surface area contributed by atoms with Gasteiger partial charge in [0.1, 0.15) is 5.75 Å². The maximum absolute atomic E-state index is 13.2. The molecular weight excluding hydrogens is 380 g/mol. The third-order valence-electron chi connectivity index (χ3n) is 3.59. The molecule has 0 bridgehead atoms. The molecule has 25 heavy (non-hydrogen) atoms. The van der Waals surface area contributed by atoms with Gasteiger partial charge >= 0.3 is 12.1 Å². The summed E-state index contributed by atoms with van der Waals surface area (Å²) in [6.07, 6.45) is -6.52. The number of fused-ring (bicyclic) bond motifs is 1. The number of alkyl halides is 3. The van der Waals surface area contributed by atoms with Crippen molar-refractivity contribution < 1.29 is 27.8 Å². The van der Waals surface area contributed by atoms with E-state index in [0.717, 1.165) is 6.08 Å². The molecule has 0 saturated heterocycles. The lowest BCUT2D eigenvalue weighted by atomic mass is 9.96. The van der Waals surface area contributed by atoms with Crippen molar-refractivity contribution >= 4 is 35.2 Å². The molecular formula is C17H9Cl2F3O3. The second-order valence-electron chi connectivity index (χ2n) is 5.33. The van der Waals surface area contributed by atoms with Crippen LogP contribution in [-0.4, -0.2) is 23.4 Å². The maximum atomic E-state index is 13.2. The number of rotatable bonds is 2. The first-order valence-electron chi connectivity index (χ1n) is 6.94. The molecule has 0 saturated carbocycles. The Bertz CT molecular complexity index is 891. The van der Waals surface area contributed by atoms with E-state index >= 15 is 0 Å². The van der Waals surface area contributed by atoms with Crippen LogP contribution in [-0.2, 0) is 4.79 Å². The largest absolute Gasteiger partial charge is 0.478 e. The fourth-order valence-electron chi connectivity index (χ4n) is 2.57. The molecule has 1 N–H and O–H groups in total. The van der Waals surface area contributed by atoms with Crippen molar-refractivity contribution in [2.75, 3.05) is 0 Å². The molecule has 0 amide bonds. The fourth-order valence-corrected chi connectivity index (χ4v) is 2.98. The lowest BCUT2D eigenvalue weighted by molar-refractivity contribution is -0.187. The molecule has 0 spiro atoms. The molecule has 1 atom stereocenters. The second kappa shape index (κ2) is 6.28. The summed E-state index contributed by atoms with van der Waals surface area (Å²) in [7, 11) is 0. The minimum atomic E-state index is -4.88. The van der Waals surface area contributed by atoms with E-state index < -0.39 is 23.8 Å². The van der Waals surface area contributed by atoms with Gasteiger partial charge < -0.3 is 9.84 Å². The van der Waals surface area contributed by atoms with Gasteiger partial charge in [0.05, 0.1) is 5.57 Å². The Morgan fingerprint density at radius 1 is 1.12 bits per heavy atom. The van der Waals surface area contributed by atoms with Crippen LogP contribution in [0.3, 0.4) is 0 Å². The maximum Gasteiger partial charge on any atom is 0.430 e. The van der Waals surface area contributed by atoms with Crippen LogP contribution in [0.25, 0.3) is 17.2 Å². The first-order chi connectivity index (χ1) is 11.7. The molecule has 8 heteroatoms. The second-order valence-corrected chi connectivity index (χ2v) is 6.20. The summed E-state index contributed by atoms with van der Waals surface area (Å²) in [5.74, 6) is -1.81. The van der Waals surface area contributed by atoms with Gasteiger partial charge in [-0.25, -0.2) is 4.79 Å².